The highest BCUT2D eigenvalue weighted by atomic mass is 32.1. The van der Waals surface area contributed by atoms with Crippen LogP contribution in [0.4, 0.5) is 24.0 Å². The van der Waals surface area contributed by atoms with Gasteiger partial charge in [-0.1, -0.05) is 23.5 Å². The second kappa shape index (κ2) is 5.04. The predicted octanol–water partition coefficient (Wildman–Crippen LogP) is 5.37. The average molecular weight is 308 g/mol. The molecule has 108 valence electrons. The molecule has 0 fully saturated rings. The lowest BCUT2D eigenvalue weighted by molar-refractivity contribution is -0.137. The molecule has 3 aromatic rings. The Bertz CT molecular complexity index is 793. The summed E-state index contributed by atoms with van der Waals surface area (Å²) >= 11 is 1.41. The summed E-state index contributed by atoms with van der Waals surface area (Å²) in [6.07, 6.45) is -4.34. The van der Waals surface area contributed by atoms with E-state index in [-0.39, 0.29) is 0 Å². The molecule has 2 nitrogen and oxygen atoms in total. The summed E-state index contributed by atoms with van der Waals surface area (Å²) in [6, 6.07) is 11.0. The largest absolute Gasteiger partial charge is 0.416 e. The highest BCUT2D eigenvalue weighted by Gasteiger charge is 2.30. The van der Waals surface area contributed by atoms with Crippen LogP contribution in [0.3, 0.4) is 0 Å². The topological polar surface area (TPSA) is 24.9 Å². The van der Waals surface area contributed by atoms with Crippen molar-refractivity contribution in [3.05, 3.63) is 53.6 Å². The van der Waals surface area contributed by atoms with Crippen LogP contribution in [0.2, 0.25) is 0 Å². The second-order valence-electron chi connectivity index (χ2n) is 4.69. The Kier molecular flexibility index (Phi) is 3.33. The minimum Gasteiger partial charge on any atom is -0.332 e. The normalized spacial score (nSPS) is 11.8. The first kappa shape index (κ1) is 13.9. The summed E-state index contributed by atoms with van der Waals surface area (Å²) in [5, 5.41) is 3.51. The van der Waals surface area contributed by atoms with E-state index < -0.39 is 11.7 Å². The number of nitrogens with one attached hydrogen (secondary N) is 1. The molecule has 0 aliphatic heterocycles. The fourth-order valence-corrected chi connectivity index (χ4v) is 2.85. The highest BCUT2D eigenvalue weighted by molar-refractivity contribution is 7.22. The average Bonchev–Trinajstić information content (AvgIpc) is 2.79. The maximum atomic E-state index is 12.7. The van der Waals surface area contributed by atoms with Gasteiger partial charge in [0.25, 0.3) is 0 Å². The molecule has 0 saturated carbocycles. The Morgan fingerprint density at radius 1 is 1.10 bits per heavy atom. The number of anilines is 2. The van der Waals surface area contributed by atoms with Gasteiger partial charge in [-0.05, 0) is 42.8 Å². The first-order valence-electron chi connectivity index (χ1n) is 6.23. The fourth-order valence-electron chi connectivity index (χ4n) is 1.99. The Labute approximate surface area is 123 Å². The minimum atomic E-state index is -4.34. The summed E-state index contributed by atoms with van der Waals surface area (Å²) in [5.74, 6) is 0. The van der Waals surface area contributed by atoms with Gasteiger partial charge in [0.1, 0.15) is 0 Å². The molecule has 0 spiro atoms. The molecule has 0 amide bonds. The third-order valence-corrected chi connectivity index (χ3v) is 3.94. The number of aryl methyl sites for hydroxylation is 1. The number of benzene rings is 2. The van der Waals surface area contributed by atoms with Crippen molar-refractivity contribution in [2.24, 2.45) is 0 Å². The number of fused-ring (bicyclic) bond motifs is 1. The zero-order valence-electron chi connectivity index (χ0n) is 11.0. The van der Waals surface area contributed by atoms with Gasteiger partial charge in [0.2, 0.25) is 0 Å². The van der Waals surface area contributed by atoms with Crippen molar-refractivity contribution >= 4 is 32.4 Å². The van der Waals surface area contributed by atoms with Crippen LogP contribution >= 0.6 is 11.3 Å². The number of rotatable bonds is 2. The van der Waals surface area contributed by atoms with E-state index in [1.807, 2.05) is 25.1 Å². The Balaban J connectivity index is 1.91. The number of alkyl halides is 3. The summed E-state index contributed by atoms with van der Waals surface area (Å²) in [7, 11) is 0. The summed E-state index contributed by atoms with van der Waals surface area (Å²) < 4.78 is 39.0. The van der Waals surface area contributed by atoms with Gasteiger partial charge < -0.3 is 5.32 Å². The Hall–Kier alpha value is -2.08. The van der Waals surface area contributed by atoms with E-state index in [9.17, 15) is 13.2 Å². The molecule has 0 aliphatic rings. The molecule has 1 aromatic heterocycles. The van der Waals surface area contributed by atoms with Gasteiger partial charge in [0.05, 0.1) is 15.8 Å². The second-order valence-corrected chi connectivity index (χ2v) is 5.72. The van der Waals surface area contributed by atoms with Gasteiger partial charge in [-0.2, -0.15) is 13.2 Å². The van der Waals surface area contributed by atoms with Crippen LogP contribution in [0.1, 0.15) is 11.1 Å². The van der Waals surface area contributed by atoms with Crippen molar-refractivity contribution in [2.45, 2.75) is 13.1 Å². The zero-order valence-corrected chi connectivity index (χ0v) is 11.8. The molecule has 0 bridgehead atoms. The summed E-state index contributed by atoms with van der Waals surface area (Å²) in [6.45, 7) is 1.97. The molecule has 2 aromatic carbocycles. The van der Waals surface area contributed by atoms with Crippen molar-refractivity contribution in [1.29, 1.82) is 0 Å². The Morgan fingerprint density at radius 3 is 2.67 bits per heavy atom. The molecule has 1 N–H and O–H groups in total. The van der Waals surface area contributed by atoms with Gasteiger partial charge in [-0.15, -0.1) is 0 Å². The lowest BCUT2D eigenvalue weighted by atomic mass is 10.2. The van der Waals surface area contributed by atoms with E-state index in [2.05, 4.69) is 10.3 Å². The minimum absolute atomic E-state index is 0.376. The number of hydrogen-bond donors (Lipinski definition) is 1. The highest BCUT2D eigenvalue weighted by Crippen LogP contribution is 2.33. The quantitative estimate of drug-likeness (QED) is 0.688. The molecule has 0 radical (unpaired) electrons. The molecule has 0 aliphatic carbocycles. The van der Waals surface area contributed by atoms with Gasteiger partial charge in [-0.25, -0.2) is 4.98 Å². The number of aromatic nitrogens is 1. The molecule has 0 unspecified atom stereocenters. The van der Waals surface area contributed by atoms with Gasteiger partial charge in [0, 0.05) is 5.69 Å². The van der Waals surface area contributed by atoms with E-state index in [1.165, 1.54) is 17.4 Å². The zero-order chi connectivity index (χ0) is 15.0. The van der Waals surface area contributed by atoms with Crippen molar-refractivity contribution in [1.82, 2.24) is 4.98 Å². The summed E-state index contributed by atoms with van der Waals surface area (Å²) in [4.78, 5) is 4.39. The van der Waals surface area contributed by atoms with E-state index in [0.717, 1.165) is 27.9 Å². The first-order valence-corrected chi connectivity index (χ1v) is 7.05. The molecular formula is C15H11F3N2S. The van der Waals surface area contributed by atoms with Crippen LogP contribution < -0.4 is 5.32 Å². The smallest absolute Gasteiger partial charge is 0.332 e. The maximum Gasteiger partial charge on any atom is 0.416 e. The monoisotopic (exact) mass is 308 g/mol. The first-order chi connectivity index (χ1) is 9.91. The number of hydrogen-bond acceptors (Lipinski definition) is 3. The standard InChI is InChI=1S/C15H11F3N2S/c1-9-5-6-13-12(7-9)20-14(21-13)19-11-4-2-3-10(8-11)15(16,17)18/h2-8H,1H3,(H,19,20). The van der Waals surface area contributed by atoms with Crippen molar-refractivity contribution in [3.63, 3.8) is 0 Å². The molecule has 1 heterocycles. The lowest BCUT2D eigenvalue weighted by Gasteiger charge is -2.08. The van der Waals surface area contributed by atoms with Crippen LogP contribution in [0, 0.1) is 6.92 Å². The van der Waals surface area contributed by atoms with Crippen molar-refractivity contribution < 1.29 is 13.2 Å². The number of thiazole rings is 1. The third kappa shape index (κ3) is 3.00. The molecule has 0 atom stereocenters. The van der Waals surface area contributed by atoms with Gasteiger partial charge in [0.15, 0.2) is 5.13 Å². The fraction of sp³-hybridized carbons (Fsp3) is 0.133. The van der Waals surface area contributed by atoms with E-state index in [1.54, 1.807) is 6.07 Å². The van der Waals surface area contributed by atoms with E-state index in [0.29, 0.717) is 10.8 Å². The van der Waals surface area contributed by atoms with Crippen molar-refractivity contribution in [2.75, 3.05) is 5.32 Å². The maximum absolute atomic E-state index is 12.7. The lowest BCUT2D eigenvalue weighted by Crippen LogP contribution is -2.05. The van der Waals surface area contributed by atoms with Crippen LogP contribution in [0.25, 0.3) is 10.2 Å². The number of nitrogens with zero attached hydrogens (tertiary/aromatic N) is 1. The molecule has 0 saturated heterocycles. The van der Waals surface area contributed by atoms with Crippen molar-refractivity contribution in [3.8, 4) is 0 Å². The Morgan fingerprint density at radius 2 is 1.90 bits per heavy atom. The van der Waals surface area contributed by atoms with Gasteiger partial charge in [-0.3, -0.25) is 0 Å². The third-order valence-electron chi connectivity index (χ3n) is 2.98. The van der Waals surface area contributed by atoms with E-state index in [4.69, 9.17) is 0 Å². The van der Waals surface area contributed by atoms with E-state index >= 15 is 0 Å². The van der Waals surface area contributed by atoms with Crippen LogP contribution in [-0.2, 0) is 6.18 Å². The summed E-state index contributed by atoms with van der Waals surface area (Å²) in [5.41, 5.74) is 1.64. The predicted molar refractivity (Wildman–Crippen MR) is 79.1 cm³/mol. The van der Waals surface area contributed by atoms with Crippen LogP contribution in [0.15, 0.2) is 42.5 Å². The molecule has 6 heteroatoms. The molecule has 21 heavy (non-hydrogen) atoms. The SMILES string of the molecule is Cc1ccc2sc(Nc3cccc(C(F)(F)F)c3)nc2c1. The van der Waals surface area contributed by atoms with Crippen LogP contribution in [0.5, 0.6) is 0 Å². The molecular weight excluding hydrogens is 297 g/mol. The van der Waals surface area contributed by atoms with Crippen LogP contribution in [-0.4, -0.2) is 4.98 Å². The van der Waals surface area contributed by atoms with Gasteiger partial charge >= 0.3 is 6.18 Å². The number of halogens is 3. The molecule has 3 rings (SSSR count).